The van der Waals surface area contributed by atoms with Gasteiger partial charge in [-0.25, -0.2) is 4.68 Å². The zero-order valence-corrected chi connectivity index (χ0v) is 13.9. The van der Waals surface area contributed by atoms with E-state index in [-0.39, 0.29) is 17.9 Å². The van der Waals surface area contributed by atoms with Gasteiger partial charge in [-0.1, -0.05) is 18.2 Å². The highest BCUT2D eigenvalue weighted by Crippen LogP contribution is 2.23. The van der Waals surface area contributed by atoms with Gasteiger partial charge in [-0.3, -0.25) is 9.59 Å². The second-order valence-corrected chi connectivity index (χ2v) is 6.90. The van der Waals surface area contributed by atoms with Gasteiger partial charge in [0.25, 0.3) is 5.56 Å². The van der Waals surface area contributed by atoms with Crippen molar-refractivity contribution in [2.45, 2.75) is 25.8 Å². The highest BCUT2D eigenvalue weighted by molar-refractivity contribution is 7.13. The lowest BCUT2D eigenvalue weighted by molar-refractivity contribution is 0.0965. The molecule has 2 aromatic heterocycles. The molecular weight excluding hydrogens is 320 g/mol. The molecule has 4 rings (SSSR count). The van der Waals surface area contributed by atoms with Crippen molar-refractivity contribution in [2.75, 3.05) is 0 Å². The Balaban J connectivity index is 1.62. The molecule has 0 saturated heterocycles. The van der Waals surface area contributed by atoms with Gasteiger partial charge < -0.3 is 0 Å². The molecule has 0 aliphatic heterocycles. The van der Waals surface area contributed by atoms with Crippen molar-refractivity contribution in [3.05, 3.63) is 74.9 Å². The van der Waals surface area contributed by atoms with Crippen LogP contribution in [0.3, 0.4) is 0 Å². The Hall–Kier alpha value is -2.53. The summed E-state index contributed by atoms with van der Waals surface area (Å²) >= 11 is 1.56. The van der Waals surface area contributed by atoms with Gasteiger partial charge in [-0.2, -0.15) is 5.10 Å². The summed E-state index contributed by atoms with van der Waals surface area (Å²) in [7, 11) is 0. The lowest BCUT2D eigenvalue weighted by Gasteiger charge is -2.07. The Morgan fingerprint density at radius 2 is 2.00 bits per heavy atom. The molecule has 5 heteroatoms. The molecule has 0 atom stereocenters. The van der Waals surface area contributed by atoms with E-state index in [1.54, 1.807) is 17.4 Å². The van der Waals surface area contributed by atoms with Gasteiger partial charge in [-0.15, -0.1) is 11.3 Å². The number of aromatic nitrogens is 2. The fourth-order valence-corrected chi connectivity index (χ4v) is 3.78. The first-order valence-electron chi connectivity index (χ1n) is 7.98. The average molecular weight is 336 g/mol. The Morgan fingerprint density at radius 3 is 2.83 bits per heavy atom. The van der Waals surface area contributed by atoms with E-state index in [1.807, 2.05) is 35.7 Å². The van der Waals surface area contributed by atoms with Gasteiger partial charge in [0.1, 0.15) is 12.2 Å². The summed E-state index contributed by atoms with van der Waals surface area (Å²) in [4.78, 5) is 25.6. The van der Waals surface area contributed by atoms with Crippen LogP contribution in [0, 0.1) is 0 Å². The van der Waals surface area contributed by atoms with Crippen LogP contribution in [-0.2, 0) is 19.4 Å². The summed E-state index contributed by atoms with van der Waals surface area (Å²) in [5, 5.41) is 6.31. The summed E-state index contributed by atoms with van der Waals surface area (Å²) in [5.41, 5.74) is 3.71. The van der Waals surface area contributed by atoms with Crippen LogP contribution in [0.1, 0.15) is 27.9 Å². The van der Waals surface area contributed by atoms with Crippen LogP contribution in [-0.4, -0.2) is 15.6 Å². The molecule has 4 nitrogen and oxygen atoms in total. The van der Waals surface area contributed by atoms with Gasteiger partial charge in [0.15, 0.2) is 5.78 Å². The molecule has 1 aromatic carbocycles. The Bertz CT molecular complexity index is 958. The standard InChI is InChI=1S/C19H16N2O2S/c22-17(15-7-6-13-3-1-4-14(13)11-15)12-21-19(23)9-8-16(20-21)18-5-2-10-24-18/h2,5-11H,1,3-4,12H2. The van der Waals surface area contributed by atoms with Gasteiger partial charge >= 0.3 is 0 Å². The summed E-state index contributed by atoms with van der Waals surface area (Å²) in [5.74, 6) is -0.0809. The molecular formula is C19H16N2O2S. The lowest BCUT2D eigenvalue weighted by atomic mass is 10.0. The molecule has 3 aromatic rings. The van der Waals surface area contributed by atoms with E-state index in [1.165, 1.54) is 21.9 Å². The van der Waals surface area contributed by atoms with Crippen molar-refractivity contribution in [3.8, 4) is 10.6 Å². The van der Waals surface area contributed by atoms with Gasteiger partial charge in [-0.05, 0) is 54.0 Å². The summed E-state index contributed by atoms with van der Waals surface area (Å²) in [6.45, 7) is -0.0309. The molecule has 120 valence electrons. The molecule has 1 aliphatic rings. The molecule has 0 N–H and O–H groups in total. The largest absolute Gasteiger partial charge is 0.292 e. The number of benzene rings is 1. The molecule has 0 amide bonds. The maximum absolute atomic E-state index is 12.6. The normalized spacial score (nSPS) is 13.0. The van der Waals surface area contributed by atoms with Crippen LogP contribution >= 0.6 is 11.3 Å². The lowest BCUT2D eigenvalue weighted by Crippen LogP contribution is -2.26. The second kappa shape index (κ2) is 6.17. The number of hydrogen-bond donors (Lipinski definition) is 0. The van der Waals surface area contributed by atoms with E-state index in [0.29, 0.717) is 11.3 Å². The maximum atomic E-state index is 12.6. The summed E-state index contributed by atoms with van der Waals surface area (Å²) in [6, 6.07) is 12.9. The number of carbonyl (C=O) groups is 1. The number of nitrogens with zero attached hydrogens (tertiary/aromatic N) is 2. The number of Topliss-reactive ketones (excluding diaryl/α,β-unsaturated/α-hetero) is 1. The second-order valence-electron chi connectivity index (χ2n) is 5.95. The molecule has 0 saturated carbocycles. The molecule has 24 heavy (non-hydrogen) atoms. The van der Waals surface area contributed by atoms with E-state index < -0.39 is 0 Å². The number of fused-ring (bicyclic) bond motifs is 1. The van der Waals surface area contributed by atoms with Crippen LogP contribution in [0.4, 0.5) is 0 Å². The monoisotopic (exact) mass is 336 g/mol. The van der Waals surface area contributed by atoms with Crippen LogP contribution in [0.25, 0.3) is 10.6 Å². The zero-order chi connectivity index (χ0) is 16.5. The first kappa shape index (κ1) is 15.0. The molecule has 1 aliphatic carbocycles. The Labute approximate surface area is 143 Å². The first-order chi connectivity index (χ1) is 11.7. The Morgan fingerprint density at radius 1 is 1.12 bits per heavy atom. The number of aryl methyl sites for hydroxylation is 2. The number of rotatable bonds is 4. The number of thiophene rings is 1. The van der Waals surface area contributed by atoms with Crippen LogP contribution in [0.5, 0.6) is 0 Å². The van der Waals surface area contributed by atoms with E-state index in [0.717, 1.165) is 24.1 Å². The average Bonchev–Trinajstić information content (AvgIpc) is 3.27. The zero-order valence-electron chi connectivity index (χ0n) is 13.1. The predicted octanol–water partition coefficient (Wildman–Crippen LogP) is 3.34. The fraction of sp³-hybridized carbons (Fsp3) is 0.211. The van der Waals surface area contributed by atoms with E-state index >= 15 is 0 Å². The van der Waals surface area contributed by atoms with Crippen LogP contribution in [0.2, 0.25) is 0 Å². The first-order valence-corrected chi connectivity index (χ1v) is 8.86. The molecule has 2 heterocycles. The minimum absolute atomic E-state index is 0.0309. The highest BCUT2D eigenvalue weighted by atomic mass is 32.1. The number of hydrogen-bond acceptors (Lipinski definition) is 4. The third-order valence-corrected chi connectivity index (χ3v) is 5.25. The molecule has 0 fully saturated rings. The van der Waals surface area contributed by atoms with Gasteiger partial charge in [0.05, 0.1) is 4.88 Å². The van der Waals surface area contributed by atoms with Crippen molar-refractivity contribution >= 4 is 17.1 Å². The van der Waals surface area contributed by atoms with Crippen molar-refractivity contribution < 1.29 is 4.79 Å². The SMILES string of the molecule is O=C(Cn1nc(-c2cccs2)ccc1=O)c1ccc2c(c1)CCC2. The number of carbonyl (C=O) groups excluding carboxylic acids is 1. The van der Waals surface area contributed by atoms with Gasteiger partial charge in [0.2, 0.25) is 0 Å². The van der Waals surface area contributed by atoms with Crippen LogP contribution in [0.15, 0.2) is 52.6 Å². The summed E-state index contributed by atoms with van der Waals surface area (Å²) < 4.78 is 1.25. The van der Waals surface area contributed by atoms with Crippen molar-refractivity contribution in [2.24, 2.45) is 0 Å². The Kier molecular flexibility index (Phi) is 3.86. The third kappa shape index (κ3) is 2.83. The van der Waals surface area contributed by atoms with Gasteiger partial charge in [0, 0.05) is 11.6 Å². The quantitative estimate of drug-likeness (QED) is 0.687. The van der Waals surface area contributed by atoms with Crippen molar-refractivity contribution in [3.63, 3.8) is 0 Å². The minimum atomic E-state index is -0.259. The fourth-order valence-electron chi connectivity index (χ4n) is 3.09. The molecule has 0 unspecified atom stereocenters. The molecule has 0 radical (unpaired) electrons. The van der Waals surface area contributed by atoms with E-state index in [4.69, 9.17) is 0 Å². The van der Waals surface area contributed by atoms with Crippen molar-refractivity contribution in [1.82, 2.24) is 9.78 Å². The summed E-state index contributed by atoms with van der Waals surface area (Å²) in [6.07, 6.45) is 3.27. The topological polar surface area (TPSA) is 52.0 Å². The maximum Gasteiger partial charge on any atom is 0.267 e. The number of ketones is 1. The van der Waals surface area contributed by atoms with E-state index in [9.17, 15) is 9.59 Å². The third-order valence-electron chi connectivity index (χ3n) is 4.35. The molecule has 0 bridgehead atoms. The molecule has 0 spiro atoms. The minimum Gasteiger partial charge on any atom is -0.292 e. The smallest absolute Gasteiger partial charge is 0.267 e. The highest BCUT2D eigenvalue weighted by Gasteiger charge is 2.15. The van der Waals surface area contributed by atoms with Crippen LogP contribution < -0.4 is 5.56 Å². The van der Waals surface area contributed by atoms with E-state index in [2.05, 4.69) is 5.10 Å². The predicted molar refractivity (Wildman–Crippen MR) is 94.6 cm³/mol. The van der Waals surface area contributed by atoms with Crippen molar-refractivity contribution in [1.29, 1.82) is 0 Å².